The van der Waals surface area contributed by atoms with Gasteiger partial charge < -0.3 is 9.30 Å². The number of ether oxygens (including phenoxy) is 1. The van der Waals surface area contributed by atoms with Crippen LogP contribution in [0.2, 0.25) is 0 Å². The summed E-state index contributed by atoms with van der Waals surface area (Å²) in [6, 6.07) is 28.4. The largest absolute Gasteiger partial charge is 2.00 e. The van der Waals surface area contributed by atoms with Crippen molar-refractivity contribution in [2.75, 3.05) is 0 Å². The minimum absolute atomic E-state index is 0. The van der Waals surface area contributed by atoms with Gasteiger partial charge in [0.1, 0.15) is 5.82 Å². The van der Waals surface area contributed by atoms with Gasteiger partial charge in [0, 0.05) is 40.4 Å². The van der Waals surface area contributed by atoms with Gasteiger partial charge in [-0.25, -0.2) is 4.98 Å². The van der Waals surface area contributed by atoms with Crippen LogP contribution >= 0.6 is 0 Å². The number of rotatable bonds is 10. The Hall–Kier alpha value is -3.95. The van der Waals surface area contributed by atoms with E-state index in [1.54, 1.807) is 5.57 Å². The maximum atomic E-state index is 6.68. The molecule has 0 spiro atoms. The third-order valence-corrected chi connectivity index (χ3v) is 10.5. The predicted octanol–water partition coefficient (Wildman–Crippen LogP) is 11.6. The molecule has 5 nitrogen and oxygen atoms in total. The van der Waals surface area contributed by atoms with E-state index >= 15 is 0 Å². The van der Waals surface area contributed by atoms with Crippen molar-refractivity contribution in [3.63, 3.8) is 0 Å². The van der Waals surface area contributed by atoms with E-state index in [2.05, 4.69) is 124 Å². The summed E-state index contributed by atoms with van der Waals surface area (Å²) in [5, 5.41) is 7.61. The number of para-hydroxylation sites is 1. The minimum Gasteiger partial charge on any atom is -0.509 e. The summed E-state index contributed by atoms with van der Waals surface area (Å²) < 4.78 is 11.0. The molecule has 0 N–H and O–H groups in total. The average molecular weight is 844 g/mol. The quantitative estimate of drug-likeness (QED) is 0.102. The fraction of sp³-hybridized carbons (Fsp3) is 0.364. The molecule has 0 fully saturated rings. The van der Waals surface area contributed by atoms with Crippen LogP contribution < -0.4 is 4.74 Å². The topological polar surface area (TPSA) is 44.9 Å². The zero-order valence-electron chi connectivity index (χ0n) is 30.4. The molecule has 0 aliphatic heterocycles. The first kappa shape index (κ1) is 35.9. The minimum atomic E-state index is 0. The number of hydrogen-bond donors (Lipinski definition) is 0. The molecule has 2 atom stereocenters. The molecule has 3 heterocycles. The smallest absolute Gasteiger partial charge is 0.509 e. The van der Waals surface area contributed by atoms with E-state index in [1.165, 1.54) is 41.8 Å². The number of nitrogens with zero attached hydrogens (tertiary/aromatic N) is 4. The molecule has 6 aromatic rings. The van der Waals surface area contributed by atoms with Crippen LogP contribution in [-0.4, -0.2) is 19.3 Å². The molecule has 3 aromatic heterocycles. The number of aromatic nitrogens is 4. The van der Waals surface area contributed by atoms with Crippen LogP contribution in [0.25, 0.3) is 33.3 Å². The predicted molar refractivity (Wildman–Crippen MR) is 202 cm³/mol. The van der Waals surface area contributed by atoms with Gasteiger partial charge in [0.15, 0.2) is 0 Å². The van der Waals surface area contributed by atoms with E-state index in [-0.39, 0.29) is 21.1 Å². The molecule has 0 amide bonds. The number of benzene rings is 3. The Balaban J connectivity index is 0.00000432. The molecule has 50 heavy (non-hydrogen) atoms. The third-order valence-electron chi connectivity index (χ3n) is 10.5. The zero-order chi connectivity index (χ0) is 34.2. The zero-order valence-corrected chi connectivity index (χ0v) is 32.7. The standard InChI is InChI=1S/C44H48N4O.Pt/c1-8-30-15-14-16-31(9-2)43(30)44-38(10-3)46-48(39(44)11-4)33-24-32(28(5)6)25-35(26-33)49-34-19-20-37-36-17-12-13-18-40(36)47(41(37)27-34)42-23-29(7)21-22-45-42;/h12-13,15,17-25,28,31,43H,8-11,14,16H2,1-7H3;/q-2;+2/t31-,43?;/m0./s1. The second-order valence-corrected chi connectivity index (χ2v) is 13.8. The van der Waals surface area contributed by atoms with Crippen molar-refractivity contribution in [2.24, 2.45) is 5.92 Å². The molecule has 1 aliphatic carbocycles. The first-order chi connectivity index (χ1) is 23.8. The van der Waals surface area contributed by atoms with Crippen LogP contribution in [0.3, 0.4) is 0 Å². The van der Waals surface area contributed by atoms with E-state index in [9.17, 15) is 0 Å². The summed E-state index contributed by atoms with van der Waals surface area (Å²) in [6.07, 6.45) is 10.9. The van der Waals surface area contributed by atoms with Crippen molar-refractivity contribution in [3.05, 3.63) is 119 Å². The molecule has 0 saturated carbocycles. The van der Waals surface area contributed by atoms with Crippen molar-refractivity contribution in [2.45, 2.75) is 98.8 Å². The summed E-state index contributed by atoms with van der Waals surface area (Å²) in [4.78, 5) is 4.74. The molecular formula is C44H48N4OPt. The Morgan fingerprint density at radius 2 is 1.72 bits per heavy atom. The maximum Gasteiger partial charge on any atom is 2.00 e. The van der Waals surface area contributed by atoms with Crippen LogP contribution in [0.15, 0.2) is 78.5 Å². The van der Waals surface area contributed by atoms with Gasteiger partial charge in [0.2, 0.25) is 0 Å². The van der Waals surface area contributed by atoms with Gasteiger partial charge in [-0.2, -0.15) is 11.2 Å². The summed E-state index contributed by atoms with van der Waals surface area (Å²) in [5.41, 5.74) is 10.9. The number of hydrogen-bond acceptors (Lipinski definition) is 3. The summed E-state index contributed by atoms with van der Waals surface area (Å²) in [5.74, 6) is 3.57. The molecule has 0 bridgehead atoms. The van der Waals surface area contributed by atoms with E-state index in [1.807, 2.05) is 18.3 Å². The molecule has 7 rings (SSSR count). The third kappa shape index (κ3) is 6.50. The SMILES string of the molecule is CCC1=CCC[C@H](CC)C1c1c(CC)nn(-c2[c-]c(Oc3[c-]c4c(cc3)c3ccccc3n4-c3cc(C)ccn3)cc(C(C)C)c2)c1CC.[Pt+2]. The van der Waals surface area contributed by atoms with Crippen molar-refractivity contribution < 1.29 is 25.8 Å². The molecular weight excluding hydrogens is 796 g/mol. The fourth-order valence-corrected chi connectivity index (χ4v) is 7.96. The second kappa shape index (κ2) is 15.1. The van der Waals surface area contributed by atoms with Crippen molar-refractivity contribution in [3.8, 4) is 23.0 Å². The van der Waals surface area contributed by atoms with Crippen molar-refractivity contribution >= 4 is 21.8 Å². The van der Waals surface area contributed by atoms with Gasteiger partial charge in [-0.1, -0.05) is 83.3 Å². The van der Waals surface area contributed by atoms with Gasteiger partial charge in [0.25, 0.3) is 0 Å². The van der Waals surface area contributed by atoms with Crippen LogP contribution in [0.5, 0.6) is 11.5 Å². The molecule has 260 valence electrons. The molecule has 6 heteroatoms. The van der Waals surface area contributed by atoms with Crippen LogP contribution in [0.1, 0.15) is 107 Å². The normalized spacial score (nSPS) is 16.2. The molecule has 0 radical (unpaired) electrons. The Bertz CT molecular complexity index is 2170. The maximum absolute atomic E-state index is 6.68. The van der Waals surface area contributed by atoms with E-state index < -0.39 is 0 Å². The number of aryl methyl sites for hydroxylation is 2. The second-order valence-electron chi connectivity index (χ2n) is 13.8. The summed E-state index contributed by atoms with van der Waals surface area (Å²) in [6.45, 7) is 15.7. The van der Waals surface area contributed by atoms with Crippen LogP contribution in [0, 0.1) is 25.0 Å². The van der Waals surface area contributed by atoms with E-state index in [4.69, 9.17) is 14.8 Å². The monoisotopic (exact) mass is 843 g/mol. The first-order valence-electron chi connectivity index (χ1n) is 18.3. The number of fused-ring (bicyclic) bond motifs is 3. The first-order valence-corrected chi connectivity index (χ1v) is 18.3. The Morgan fingerprint density at radius 1 is 0.900 bits per heavy atom. The molecule has 3 aromatic carbocycles. The van der Waals surface area contributed by atoms with Gasteiger partial charge >= 0.3 is 21.1 Å². The van der Waals surface area contributed by atoms with Crippen molar-refractivity contribution in [1.29, 1.82) is 0 Å². The van der Waals surface area contributed by atoms with E-state index in [0.29, 0.717) is 29.3 Å². The Morgan fingerprint density at radius 3 is 2.44 bits per heavy atom. The van der Waals surface area contributed by atoms with Gasteiger partial charge in [-0.15, -0.1) is 41.3 Å². The molecule has 1 aliphatic rings. The van der Waals surface area contributed by atoms with Crippen LogP contribution in [0.4, 0.5) is 0 Å². The summed E-state index contributed by atoms with van der Waals surface area (Å²) >= 11 is 0. The Labute approximate surface area is 312 Å². The average Bonchev–Trinajstić information content (AvgIpc) is 3.66. The molecule has 1 unspecified atom stereocenters. The molecule has 0 saturated heterocycles. The Kier molecular flexibility index (Phi) is 10.8. The number of pyridine rings is 1. The van der Waals surface area contributed by atoms with Crippen molar-refractivity contribution in [1.82, 2.24) is 19.3 Å². The van der Waals surface area contributed by atoms with Gasteiger partial charge in [-0.3, -0.25) is 4.68 Å². The number of allylic oxidation sites excluding steroid dienone is 2. The summed E-state index contributed by atoms with van der Waals surface area (Å²) in [7, 11) is 0. The van der Waals surface area contributed by atoms with Crippen LogP contribution in [-0.2, 0) is 33.9 Å². The fourth-order valence-electron chi connectivity index (χ4n) is 7.96. The van der Waals surface area contributed by atoms with E-state index in [0.717, 1.165) is 58.1 Å². The van der Waals surface area contributed by atoms with Gasteiger partial charge in [0.05, 0.1) is 5.69 Å². The van der Waals surface area contributed by atoms with Gasteiger partial charge in [-0.05, 0) is 85.7 Å².